The summed E-state index contributed by atoms with van der Waals surface area (Å²) in [6, 6.07) is 1.69. The molecule has 0 aromatic heterocycles. The van der Waals surface area contributed by atoms with Crippen LogP contribution in [0.25, 0.3) is 0 Å². The summed E-state index contributed by atoms with van der Waals surface area (Å²) in [4.78, 5) is 39.1. The fourth-order valence-corrected chi connectivity index (χ4v) is 16.7. The number of nitrogens with zero attached hydrogens (tertiary/aromatic N) is 9. The number of piperidine rings is 1. The van der Waals surface area contributed by atoms with Gasteiger partial charge in [-0.05, 0) is 151 Å². The Kier molecular flexibility index (Phi) is 54.4. The van der Waals surface area contributed by atoms with Crippen LogP contribution < -0.4 is 92.4 Å². The van der Waals surface area contributed by atoms with Crippen molar-refractivity contribution in [3.63, 3.8) is 0 Å². The quantitative estimate of drug-likeness (QED) is 0.0713. The molecule has 0 radical (unpaired) electrons. The van der Waals surface area contributed by atoms with Gasteiger partial charge < -0.3 is 120 Å². The molecule has 3 spiro atoms. The van der Waals surface area contributed by atoms with Crippen LogP contribution >= 0.6 is 0 Å². The molecule has 19 aliphatic rings. The zero-order valence-corrected chi connectivity index (χ0v) is 80.8. The number of amidine groups is 4. The molecule has 127 heavy (non-hydrogen) atoms. The summed E-state index contributed by atoms with van der Waals surface area (Å²) in [6.45, 7) is 66.9. The number of ether oxygens (including phenoxy) is 5. The van der Waals surface area contributed by atoms with Gasteiger partial charge in [0.15, 0.2) is 19.2 Å². The zero-order chi connectivity index (χ0) is 92.4. The van der Waals surface area contributed by atoms with Crippen molar-refractivity contribution in [1.29, 1.82) is 0 Å². The Morgan fingerprint density at radius 3 is 1.36 bits per heavy atom. The van der Waals surface area contributed by atoms with Crippen molar-refractivity contribution in [2.75, 3.05) is 273 Å². The number of aliphatic hydroxyl groups excluding tert-OH is 1. The number of ketones is 1. The van der Waals surface area contributed by atoms with Crippen LogP contribution in [0.2, 0.25) is 0 Å². The number of nitrogens with two attached hydrogens (primary N) is 4. The van der Waals surface area contributed by atoms with E-state index in [-0.39, 0.29) is 29.8 Å². The molecule has 0 aromatic carbocycles. The van der Waals surface area contributed by atoms with Crippen LogP contribution in [0.5, 0.6) is 0 Å². The van der Waals surface area contributed by atoms with E-state index in [9.17, 15) is 13.2 Å². The number of rotatable bonds is 13. The molecule has 19 aliphatic heterocycles. The summed E-state index contributed by atoms with van der Waals surface area (Å²) in [6.07, 6.45) is 11.9. The van der Waals surface area contributed by atoms with E-state index in [1.165, 1.54) is 89.9 Å². The second kappa shape index (κ2) is 60.4. The fraction of sp³-hybridized carbons (Fsp3) is 0.852. The first kappa shape index (κ1) is 114. The predicted octanol–water partition coefficient (Wildman–Crippen LogP) is 2.07. The van der Waals surface area contributed by atoms with Gasteiger partial charge in [-0.25, -0.2) is 20.9 Å². The van der Waals surface area contributed by atoms with Crippen molar-refractivity contribution in [1.82, 2.24) is 74.3 Å². The number of hydroxylamine groups is 2. The molecule has 19 heterocycles. The summed E-state index contributed by atoms with van der Waals surface area (Å²) in [5, 5.41) is 58.5. The van der Waals surface area contributed by atoms with E-state index < -0.39 is 19.0 Å². The maximum absolute atomic E-state index is 11.5. The maximum atomic E-state index is 11.5. The number of Topliss-reactive ketones (excluding diaryl/α,β-unsaturated/α-hetero) is 1. The normalized spacial score (nSPS) is 24.7. The van der Waals surface area contributed by atoms with E-state index in [0.29, 0.717) is 97.2 Å². The molecular weight excluding hydrogens is 1660 g/mol. The Balaban J connectivity index is 0.000000286. The minimum Gasteiger partial charge on any atom is -0.390 e. The van der Waals surface area contributed by atoms with Crippen LogP contribution in [0.15, 0.2) is 77.5 Å². The summed E-state index contributed by atoms with van der Waals surface area (Å²) in [5.41, 5.74) is 29.9. The molecular formula is C88H176N26O11S2. The summed E-state index contributed by atoms with van der Waals surface area (Å²) in [7, 11) is -1.56. The average molecular weight is 1840 g/mol. The van der Waals surface area contributed by atoms with Crippen LogP contribution in [0, 0.1) is 43.8 Å². The predicted molar refractivity (Wildman–Crippen MR) is 522 cm³/mol. The highest BCUT2D eigenvalue weighted by molar-refractivity contribution is 8.00. The lowest BCUT2D eigenvalue weighted by atomic mass is 9.73. The van der Waals surface area contributed by atoms with Gasteiger partial charge in [0, 0.05) is 240 Å². The molecule has 0 saturated carbocycles. The van der Waals surface area contributed by atoms with Gasteiger partial charge in [-0.2, -0.15) is 20.2 Å². The van der Waals surface area contributed by atoms with Crippen molar-refractivity contribution in [3.8, 4) is 0 Å². The monoisotopic (exact) mass is 1840 g/mol. The van der Waals surface area contributed by atoms with Gasteiger partial charge in [-0.15, -0.1) is 10.2 Å². The number of aliphatic imine (C=N–C) groups is 4. The van der Waals surface area contributed by atoms with Crippen LogP contribution in [0.1, 0.15) is 141 Å². The average Bonchev–Trinajstić information content (AvgIpc) is 1.44. The number of azo groups is 2. The smallest absolute Gasteiger partial charge is 0.240 e. The SMILES string of the molecule is C.C1CC2(CCO1)CNC2.C1CN(C2CNC2)CCO1.C1COCCN1.C=C1COCC2(CNC2)C1.C=C1N=C(C(C)(C)CN)NO1.C=C1N=C(CCN)NO1.C=S1(=O)CCC2(CC1)CNC2.C=S1(=O)CCNCC1.CC(=O)C(C)(C)C1CNC1.CC(C)(CN)C1=NCN=N1.CC1(C)CCNCC1.CCC1CN1.COC1CNC1.NCCC1=NCN=N1.OC1CNC1. The van der Waals surface area contributed by atoms with Crippen LogP contribution in [0.4, 0.5) is 0 Å². The minimum atomic E-state index is -1.66. The number of β-amino-alcohol motifs (C(OH)–C–C–N with tert-alkyl or cyclic N) is 1. The molecule has 0 bridgehead atoms. The number of carbonyl (C=O) groups excluding carboxylic acids is 1. The summed E-state index contributed by atoms with van der Waals surface area (Å²) < 4.78 is 48.4. The minimum absolute atomic E-state index is 0. The van der Waals surface area contributed by atoms with E-state index in [1.54, 1.807) is 14.0 Å². The van der Waals surface area contributed by atoms with Gasteiger partial charge in [0.2, 0.25) is 11.8 Å². The second-order valence-electron chi connectivity index (χ2n) is 37.8. The Morgan fingerprint density at radius 1 is 0.575 bits per heavy atom. The molecule has 0 aromatic rings. The number of carbonyl (C=O) groups is 1. The molecule has 15 saturated heterocycles. The second-order valence-corrected chi connectivity index (χ2v) is 43.3. The van der Waals surface area contributed by atoms with Crippen molar-refractivity contribution in [2.24, 2.45) is 107 Å². The first-order chi connectivity index (χ1) is 60.0. The molecule has 15 fully saturated rings. The number of hydrogen-bond acceptors (Lipinski definition) is 37. The largest absolute Gasteiger partial charge is 0.390 e. The molecule has 1 unspecified atom stereocenters. The summed E-state index contributed by atoms with van der Waals surface area (Å²) >= 11 is 0. The highest BCUT2D eigenvalue weighted by Gasteiger charge is 2.42. The van der Waals surface area contributed by atoms with E-state index >= 15 is 0 Å². The fourth-order valence-electron chi connectivity index (χ4n) is 13.7. The molecule has 39 heteroatoms. The molecule has 736 valence electrons. The lowest BCUT2D eigenvalue weighted by Crippen LogP contribution is -2.59. The Labute approximate surface area is 764 Å². The Morgan fingerprint density at radius 2 is 1.06 bits per heavy atom. The number of morpholine rings is 2. The van der Waals surface area contributed by atoms with Crippen molar-refractivity contribution in [2.45, 2.75) is 165 Å². The first-order valence-corrected chi connectivity index (χ1v) is 50.1. The highest BCUT2D eigenvalue weighted by atomic mass is 32.2. The van der Waals surface area contributed by atoms with Gasteiger partial charge in [0.05, 0.1) is 51.8 Å². The molecule has 22 N–H and O–H groups in total. The standard InChI is InChI=1S/C8H15NOS.C8H13NO.C8H15NO.C7H13N3O.C7H14N2O.C7H13NO.C7H15N.C6H12N4.C5H9N3O.C5H11NOS.C4H8N4.2C4H9NO.C4H9N.C3H7NO.CH4/c1-11(10)4-2-8(3-5-11)6-9-7-8;1-7-2-8(4-9-5-8)6-10-3-7;1-6(10)8(2,3)7-4-9-5-7;1-5-9-6(10-11-5)7(2,3)4-8;1-3-10-4-2-9(1)7-5-8-6-7;1-3-9-4-2-7(1)5-8-6-7;1-7(2)3-5-8-6-4-7;1-6(2,3-7)5-8-4-9-10-5;1-4-7-5(2-3-6)8-9-4;1-8(7)4-2-6-3-5-8;5-2-1-4-6-3-7-8-4;1-6-4-2-5-3-4;1-3-6-4-2-5-1;1-2-4-3-5-4;5-3-1-4-2-3;/h9H,1-7H2;9H,1-6H2;7,9H,4-5H2,1-3H3;1,4,8H2,2-3H3,(H,9,10);7-8H,1-6H2;8H,1-6H2;8H,3-6H2,1-2H3;3-4,7H2,1-2H3;1-3,6H2,(H,7,8);6H,1-5H2;1-3,5H2;4-5H,2-3H2,1H3;5H,1-4H2;4-5H,2-3H2,1H3;3-5H,1-2H2;1H4. The summed E-state index contributed by atoms with van der Waals surface area (Å²) in [5.74, 6) is 15.3. The van der Waals surface area contributed by atoms with Crippen LogP contribution in [0.3, 0.4) is 0 Å². The van der Waals surface area contributed by atoms with Crippen LogP contribution in [-0.4, -0.2) is 357 Å². The molecule has 0 amide bonds. The van der Waals surface area contributed by atoms with Gasteiger partial charge in [-0.1, -0.05) is 81.9 Å². The topological polar surface area (TPSA) is 509 Å². The third-order valence-electron chi connectivity index (χ3n) is 24.9. The Bertz CT molecular complexity index is 3490. The molecule has 37 nitrogen and oxygen atoms in total. The number of nitrogens with one attached hydrogen (secondary N) is 13. The number of methoxy groups -OCH3 is 1. The lowest BCUT2D eigenvalue weighted by Gasteiger charge is -2.46. The number of hydrogen-bond donors (Lipinski definition) is 18. The van der Waals surface area contributed by atoms with E-state index in [4.69, 9.17) is 61.4 Å². The molecule has 19 rings (SSSR count). The van der Waals surface area contributed by atoms with E-state index in [2.05, 4.69) is 167 Å². The van der Waals surface area contributed by atoms with Gasteiger partial charge in [0.25, 0.3) is 0 Å². The van der Waals surface area contributed by atoms with E-state index in [1.807, 2.05) is 41.5 Å². The molecule has 1 atom stereocenters. The Hall–Kier alpha value is -4.87. The van der Waals surface area contributed by atoms with Gasteiger partial charge in [0.1, 0.15) is 23.3 Å². The molecule has 0 aliphatic carbocycles. The number of aliphatic hydroxyl groups is 1. The van der Waals surface area contributed by atoms with Gasteiger partial charge >= 0.3 is 0 Å². The zero-order valence-electron chi connectivity index (χ0n) is 79.2. The van der Waals surface area contributed by atoms with Crippen molar-refractivity contribution in [3.05, 3.63) is 37.1 Å². The van der Waals surface area contributed by atoms with Crippen molar-refractivity contribution < 1.29 is 51.7 Å². The third-order valence-corrected chi connectivity index (χ3v) is 28.7. The van der Waals surface area contributed by atoms with Crippen molar-refractivity contribution >= 4 is 59.9 Å². The first-order valence-electron chi connectivity index (χ1n) is 45.9. The third kappa shape index (κ3) is 46.6. The highest BCUT2D eigenvalue weighted by Crippen LogP contribution is 2.37. The van der Waals surface area contributed by atoms with Crippen LogP contribution in [-0.2, 0) is 57.2 Å². The van der Waals surface area contributed by atoms with E-state index in [0.717, 1.165) is 235 Å². The van der Waals surface area contributed by atoms with Gasteiger partial charge in [-0.3, -0.25) is 18.1 Å². The maximum Gasteiger partial charge on any atom is 0.240 e. The lowest BCUT2D eigenvalue weighted by molar-refractivity contribution is -0.128.